The number of nitrogens with one attached hydrogen (secondary N) is 1. The summed E-state index contributed by atoms with van der Waals surface area (Å²) < 4.78 is 0. The summed E-state index contributed by atoms with van der Waals surface area (Å²) >= 11 is 0. The molecule has 1 atom stereocenters. The first-order valence-corrected chi connectivity index (χ1v) is 9.49. The van der Waals surface area contributed by atoms with Gasteiger partial charge in [-0.1, -0.05) is 38.1 Å². The molecule has 1 aromatic rings. The minimum absolute atomic E-state index is 0.202. The summed E-state index contributed by atoms with van der Waals surface area (Å²) in [6.45, 7) is 12.2. The van der Waals surface area contributed by atoms with Gasteiger partial charge in [0.05, 0.1) is 5.54 Å². The van der Waals surface area contributed by atoms with E-state index >= 15 is 0 Å². The number of hydrogen-bond acceptors (Lipinski definition) is 2. The maximum Gasteiger partial charge on any atom is 0.221 e. The van der Waals surface area contributed by atoms with Gasteiger partial charge in [-0.25, -0.2) is 0 Å². The van der Waals surface area contributed by atoms with Crippen molar-refractivity contribution in [2.24, 2.45) is 11.8 Å². The predicted octanol–water partition coefficient (Wildman–Crippen LogP) is 3.89. The maximum absolute atomic E-state index is 12.7. The third kappa shape index (κ3) is 3.83. The number of fused-ring (bicyclic) bond motifs is 3. The van der Waals surface area contributed by atoms with Crippen LogP contribution in [0.2, 0.25) is 0 Å². The van der Waals surface area contributed by atoms with Crippen LogP contribution in [0.1, 0.15) is 64.0 Å². The van der Waals surface area contributed by atoms with Crippen molar-refractivity contribution in [3.63, 3.8) is 0 Å². The quantitative estimate of drug-likeness (QED) is 0.889. The zero-order valence-corrected chi connectivity index (χ0v) is 15.6. The van der Waals surface area contributed by atoms with Gasteiger partial charge in [0.25, 0.3) is 0 Å². The topological polar surface area (TPSA) is 32.3 Å². The number of benzene rings is 1. The molecule has 2 bridgehead atoms. The lowest BCUT2D eigenvalue weighted by Gasteiger charge is -2.44. The van der Waals surface area contributed by atoms with E-state index in [1.54, 1.807) is 0 Å². The van der Waals surface area contributed by atoms with Crippen LogP contribution in [-0.4, -0.2) is 30.4 Å². The molecule has 3 heteroatoms. The molecule has 3 heterocycles. The molecule has 0 aliphatic carbocycles. The smallest absolute Gasteiger partial charge is 0.221 e. The van der Waals surface area contributed by atoms with Crippen LogP contribution in [0.4, 0.5) is 0 Å². The molecule has 132 valence electrons. The predicted molar refractivity (Wildman–Crippen MR) is 99.0 cm³/mol. The molecular weight excluding hydrogens is 296 g/mol. The molecule has 1 amide bonds. The molecule has 1 aromatic carbocycles. The summed E-state index contributed by atoms with van der Waals surface area (Å²) in [7, 11) is 0. The number of nitrogens with zero attached hydrogens (tertiary/aromatic N) is 1. The molecule has 1 unspecified atom stereocenters. The summed E-state index contributed by atoms with van der Waals surface area (Å²) in [6, 6.07) is 8.63. The average molecular weight is 329 g/mol. The highest BCUT2D eigenvalue weighted by Gasteiger charge is 2.35. The molecule has 3 aliphatic heterocycles. The minimum Gasteiger partial charge on any atom is -0.347 e. The van der Waals surface area contributed by atoms with Crippen molar-refractivity contribution < 1.29 is 4.79 Å². The van der Waals surface area contributed by atoms with Gasteiger partial charge in [-0.2, -0.15) is 0 Å². The van der Waals surface area contributed by atoms with Crippen LogP contribution in [0.15, 0.2) is 24.3 Å². The Morgan fingerprint density at radius 2 is 2.00 bits per heavy atom. The molecule has 4 rings (SSSR count). The molecule has 24 heavy (non-hydrogen) atoms. The van der Waals surface area contributed by atoms with E-state index in [0.29, 0.717) is 18.3 Å². The SMILES string of the molecule is CC(C)c1cccc(C(C)(C)NC(=O)CC2CN3CCC2CC3)c1. The van der Waals surface area contributed by atoms with E-state index in [9.17, 15) is 4.79 Å². The van der Waals surface area contributed by atoms with Gasteiger partial charge in [0.2, 0.25) is 5.91 Å². The van der Waals surface area contributed by atoms with E-state index in [2.05, 4.69) is 62.2 Å². The molecule has 0 aromatic heterocycles. The summed E-state index contributed by atoms with van der Waals surface area (Å²) in [5.74, 6) is 2.01. The normalized spacial score (nSPS) is 26.6. The maximum atomic E-state index is 12.7. The first-order chi connectivity index (χ1) is 11.3. The molecule has 3 nitrogen and oxygen atoms in total. The van der Waals surface area contributed by atoms with Crippen LogP contribution < -0.4 is 5.32 Å². The molecule has 3 aliphatic rings. The fourth-order valence-electron chi connectivity index (χ4n) is 4.32. The largest absolute Gasteiger partial charge is 0.347 e. The van der Waals surface area contributed by atoms with Crippen LogP contribution >= 0.6 is 0 Å². The lowest BCUT2D eigenvalue weighted by atomic mass is 9.77. The third-order valence-electron chi connectivity index (χ3n) is 5.97. The number of piperidine rings is 3. The van der Waals surface area contributed by atoms with Gasteiger partial charge < -0.3 is 10.2 Å². The fourth-order valence-corrected chi connectivity index (χ4v) is 4.32. The second kappa shape index (κ2) is 6.87. The van der Waals surface area contributed by atoms with Gasteiger partial charge in [-0.15, -0.1) is 0 Å². The second-order valence-corrected chi connectivity index (χ2v) is 8.56. The standard InChI is InChI=1S/C21H32N2O/c1-15(2)17-6-5-7-19(12-17)21(3,4)22-20(24)13-18-14-23-10-8-16(18)9-11-23/h5-7,12,15-16,18H,8-11,13-14H2,1-4H3,(H,22,24). The second-order valence-electron chi connectivity index (χ2n) is 8.56. The number of carbonyl (C=O) groups excluding carboxylic acids is 1. The van der Waals surface area contributed by atoms with Crippen molar-refractivity contribution in [2.45, 2.75) is 58.4 Å². The lowest BCUT2D eigenvalue weighted by molar-refractivity contribution is -0.125. The summed E-state index contributed by atoms with van der Waals surface area (Å²) in [4.78, 5) is 15.2. The van der Waals surface area contributed by atoms with E-state index in [-0.39, 0.29) is 11.4 Å². The van der Waals surface area contributed by atoms with Crippen molar-refractivity contribution in [2.75, 3.05) is 19.6 Å². The van der Waals surface area contributed by atoms with Crippen LogP contribution in [0.25, 0.3) is 0 Å². The Hall–Kier alpha value is -1.35. The Morgan fingerprint density at radius 1 is 1.29 bits per heavy atom. The van der Waals surface area contributed by atoms with Crippen LogP contribution in [0.3, 0.4) is 0 Å². The molecule has 3 saturated heterocycles. The zero-order chi connectivity index (χ0) is 17.3. The summed E-state index contributed by atoms with van der Waals surface area (Å²) in [5, 5.41) is 3.29. The van der Waals surface area contributed by atoms with E-state index in [1.165, 1.54) is 37.1 Å². The van der Waals surface area contributed by atoms with E-state index < -0.39 is 0 Å². The average Bonchev–Trinajstić information content (AvgIpc) is 2.55. The molecule has 1 N–H and O–H groups in total. The fraction of sp³-hybridized carbons (Fsp3) is 0.667. The molecule has 0 spiro atoms. The van der Waals surface area contributed by atoms with Crippen molar-refractivity contribution in [1.82, 2.24) is 10.2 Å². The van der Waals surface area contributed by atoms with Gasteiger partial charge in [-0.05, 0) is 68.7 Å². The highest BCUT2D eigenvalue weighted by Crippen LogP contribution is 2.34. The van der Waals surface area contributed by atoms with E-state index in [1.807, 2.05) is 0 Å². The number of hydrogen-bond donors (Lipinski definition) is 1. The van der Waals surface area contributed by atoms with Crippen molar-refractivity contribution in [3.05, 3.63) is 35.4 Å². The number of rotatable bonds is 5. The number of amides is 1. The van der Waals surface area contributed by atoms with Crippen molar-refractivity contribution in [1.29, 1.82) is 0 Å². The van der Waals surface area contributed by atoms with Crippen molar-refractivity contribution in [3.8, 4) is 0 Å². The minimum atomic E-state index is -0.323. The summed E-state index contributed by atoms with van der Waals surface area (Å²) in [5.41, 5.74) is 2.19. The van der Waals surface area contributed by atoms with Crippen LogP contribution in [-0.2, 0) is 10.3 Å². The van der Waals surface area contributed by atoms with Crippen LogP contribution in [0.5, 0.6) is 0 Å². The van der Waals surface area contributed by atoms with Gasteiger partial charge in [0.15, 0.2) is 0 Å². The molecule has 3 fully saturated rings. The van der Waals surface area contributed by atoms with Gasteiger partial charge >= 0.3 is 0 Å². The van der Waals surface area contributed by atoms with Gasteiger partial charge in [-0.3, -0.25) is 4.79 Å². The van der Waals surface area contributed by atoms with Crippen LogP contribution in [0, 0.1) is 11.8 Å². The first-order valence-electron chi connectivity index (χ1n) is 9.49. The summed E-state index contributed by atoms with van der Waals surface area (Å²) in [6.07, 6.45) is 3.23. The third-order valence-corrected chi connectivity index (χ3v) is 5.97. The Morgan fingerprint density at radius 3 is 2.58 bits per heavy atom. The highest BCUT2D eigenvalue weighted by atomic mass is 16.1. The van der Waals surface area contributed by atoms with E-state index in [0.717, 1.165) is 12.5 Å². The van der Waals surface area contributed by atoms with Gasteiger partial charge in [0.1, 0.15) is 0 Å². The Bertz CT molecular complexity index is 585. The zero-order valence-electron chi connectivity index (χ0n) is 15.6. The molecule has 0 saturated carbocycles. The van der Waals surface area contributed by atoms with Crippen molar-refractivity contribution >= 4 is 5.91 Å². The van der Waals surface area contributed by atoms with E-state index in [4.69, 9.17) is 0 Å². The number of carbonyl (C=O) groups is 1. The van der Waals surface area contributed by atoms with Gasteiger partial charge in [0, 0.05) is 13.0 Å². The monoisotopic (exact) mass is 328 g/mol. The Kier molecular flexibility index (Phi) is 5.00. The highest BCUT2D eigenvalue weighted by molar-refractivity contribution is 5.77. The Balaban J connectivity index is 1.63. The first kappa shape index (κ1) is 17.5. The Labute approximate surface area is 146 Å². The molecule has 0 radical (unpaired) electrons. The lowest BCUT2D eigenvalue weighted by Crippen LogP contribution is -2.49. The molecular formula is C21H32N2O.